The molecule has 2 aromatic rings. The van der Waals surface area contributed by atoms with Crippen LogP contribution in [0.1, 0.15) is 25.1 Å². The second kappa shape index (κ2) is 6.22. The number of furan rings is 1. The summed E-state index contributed by atoms with van der Waals surface area (Å²) in [5, 5.41) is 3.27. The summed E-state index contributed by atoms with van der Waals surface area (Å²) >= 11 is 0. The molecule has 0 radical (unpaired) electrons. The fraction of sp³-hybridized carbons (Fsp3) is 0.286. The number of rotatable bonds is 6. The minimum absolute atomic E-state index is 0.0527. The van der Waals surface area contributed by atoms with Gasteiger partial charge in [-0.2, -0.15) is 8.78 Å². The number of benzene rings is 1. The summed E-state index contributed by atoms with van der Waals surface area (Å²) in [5.74, 6) is 0.988. The van der Waals surface area contributed by atoms with E-state index in [0.717, 1.165) is 17.9 Å². The maximum absolute atomic E-state index is 12.0. The van der Waals surface area contributed by atoms with E-state index in [2.05, 4.69) is 10.1 Å². The van der Waals surface area contributed by atoms with Crippen molar-refractivity contribution in [1.82, 2.24) is 0 Å². The van der Waals surface area contributed by atoms with Crippen LogP contribution in [0.5, 0.6) is 5.75 Å². The smallest absolute Gasteiger partial charge is 0.387 e. The lowest BCUT2D eigenvalue weighted by atomic mass is 10.1. The SMILES string of the molecule is CCC(Nc1ccc(OC(F)F)cc1)c1ccco1. The van der Waals surface area contributed by atoms with Crippen molar-refractivity contribution in [1.29, 1.82) is 0 Å². The molecule has 19 heavy (non-hydrogen) atoms. The first kappa shape index (κ1) is 13.4. The average Bonchev–Trinajstić information content (AvgIpc) is 2.91. The predicted molar refractivity (Wildman–Crippen MR) is 68.4 cm³/mol. The van der Waals surface area contributed by atoms with E-state index >= 15 is 0 Å². The Morgan fingerprint density at radius 1 is 1.21 bits per heavy atom. The molecule has 2 rings (SSSR count). The normalized spacial score (nSPS) is 12.4. The lowest BCUT2D eigenvalue weighted by Crippen LogP contribution is -2.08. The molecule has 0 spiro atoms. The number of anilines is 1. The molecule has 5 heteroatoms. The molecule has 1 aromatic carbocycles. The lowest BCUT2D eigenvalue weighted by molar-refractivity contribution is -0.0498. The maximum Gasteiger partial charge on any atom is 0.387 e. The molecule has 3 nitrogen and oxygen atoms in total. The van der Waals surface area contributed by atoms with Crippen molar-refractivity contribution in [3.63, 3.8) is 0 Å². The van der Waals surface area contributed by atoms with Gasteiger partial charge in [-0.3, -0.25) is 0 Å². The third kappa shape index (κ3) is 3.71. The standard InChI is InChI=1S/C14H15F2NO2/c1-2-12(13-4-3-9-18-13)17-10-5-7-11(8-6-10)19-14(15)16/h3-9,12,14,17H,2H2,1H3. The van der Waals surface area contributed by atoms with Crippen molar-refractivity contribution >= 4 is 5.69 Å². The van der Waals surface area contributed by atoms with Crippen molar-refractivity contribution in [2.45, 2.75) is 26.0 Å². The number of hydrogen-bond acceptors (Lipinski definition) is 3. The van der Waals surface area contributed by atoms with Crippen LogP contribution in [0, 0.1) is 0 Å². The van der Waals surface area contributed by atoms with Crippen molar-refractivity contribution < 1.29 is 17.9 Å². The van der Waals surface area contributed by atoms with Crippen molar-refractivity contribution in [3.8, 4) is 5.75 Å². The van der Waals surface area contributed by atoms with E-state index in [1.807, 2.05) is 19.1 Å². The average molecular weight is 267 g/mol. The van der Waals surface area contributed by atoms with Gasteiger partial charge < -0.3 is 14.5 Å². The Kier molecular flexibility index (Phi) is 4.39. The summed E-state index contributed by atoms with van der Waals surface area (Å²) in [6.07, 6.45) is 2.47. The van der Waals surface area contributed by atoms with Crippen molar-refractivity contribution in [3.05, 3.63) is 48.4 Å². The minimum atomic E-state index is -2.80. The monoisotopic (exact) mass is 267 g/mol. The summed E-state index contributed by atoms with van der Waals surface area (Å²) in [4.78, 5) is 0. The van der Waals surface area contributed by atoms with Crippen molar-refractivity contribution in [2.75, 3.05) is 5.32 Å². The zero-order valence-corrected chi connectivity index (χ0v) is 10.5. The fourth-order valence-electron chi connectivity index (χ4n) is 1.80. The first-order valence-corrected chi connectivity index (χ1v) is 6.04. The second-order valence-corrected chi connectivity index (χ2v) is 4.02. The molecule has 1 N–H and O–H groups in total. The third-order valence-electron chi connectivity index (χ3n) is 2.72. The largest absolute Gasteiger partial charge is 0.467 e. The van der Waals surface area contributed by atoms with Gasteiger partial charge in [-0.15, -0.1) is 0 Å². The number of halogens is 2. The van der Waals surface area contributed by atoms with Crippen LogP contribution in [-0.2, 0) is 0 Å². The molecule has 102 valence electrons. The Morgan fingerprint density at radius 2 is 1.95 bits per heavy atom. The van der Waals surface area contributed by atoms with E-state index in [1.165, 1.54) is 12.1 Å². The van der Waals surface area contributed by atoms with Gasteiger partial charge >= 0.3 is 6.61 Å². The van der Waals surface area contributed by atoms with Gasteiger partial charge in [0, 0.05) is 5.69 Å². The van der Waals surface area contributed by atoms with Crippen LogP contribution in [0.3, 0.4) is 0 Å². The Bertz CT molecular complexity index is 483. The highest BCUT2D eigenvalue weighted by Crippen LogP contribution is 2.24. The van der Waals surface area contributed by atoms with E-state index in [-0.39, 0.29) is 11.8 Å². The van der Waals surface area contributed by atoms with Gasteiger partial charge in [0.25, 0.3) is 0 Å². The highest BCUT2D eigenvalue weighted by atomic mass is 19.3. The zero-order chi connectivity index (χ0) is 13.7. The van der Waals surface area contributed by atoms with E-state index < -0.39 is 6.61 Å². The highest BCUT2D eigenvalue weighted by Gasteiger charge is 2.12. The van der Waals surface area contributed by atoms with Gasteiger partial charge in [-0.25, -0.2) is 0 Å². The summed E-state index contributed by atoms with van der Waals surface area (Å²) in [6.45, 7) is -0.764. The quantitative estimate of drug-likeness (QED) is 0.840. The molecule has 0 saturated carbocycles. The molecule has 1 aromatic heterocycles. The van der Waals surface area contributed by atoms with Gasteiger partial charge in [-0.05, 0) is 42.8 Å². The van der Waals surface area contributed by atoms with Gasteiger partial charge in [0.1, 0.15) is 11.5 Å². The summed E-state index contributed by atoms with van der Waals surface area (Å²) in [6, 6.07) is 10.2. The molecule has 0 amide bonds. The summed E-state index contributed by atoms with van der Waals surface area (Å²) in [7, 11) is 0. The molecule has 1 atom stereocenters. The number of ether oxygens (including phenoxy) is 1. The second-order valence-electron chi connectivity index (χ2n) is 4.02. The van der Waals surface area contributed by atoms with Crippen LogP contribution in [0.25, 0.3) is 0 Å². The molecule has 1 unspecified atom stereocenters. The Balaban J connectivity index is 2.02. The Labute approximate surface area is 110 Å². The van der Waals surface area contributed by atoms with Crippen LogP contribution in [-0.4, -0.2) is 6.61 Å². The van der Waals surface area contributed by atoms with Crippen LogP contribution in [0.2, 0.25) is 0 Å². The molecular weight excluding hydrogens is 252 g/mol. The van der Waals surface area contributed by atoms with Gasteiger partial charge in [0.2, 0.25) is 0 Å². The number of nitrogens with one attached hydrogen (secondary N) is 1. The van der Waals surface area contributed by atoms with E-state index in [0.29, 0.717) is 0 Å². The Morgan fingerprint density at radius 3 is 2.47 bits per heavy atom. The summed E-state index contributed by atoms with van der Waals surface area (Å²) < 4.78 is 33.7. The number of hydrogen-bond donors (Lipinski definition) is 1. The van der Waals surface area contributed by atoms with Crippen LogP contribution >= 0.6 is 0 Å². The molecule has 1 heterocycles. The minimum Gasteiger partial charge on any atom is -0.467 e. The van der Waals surface area contributed by atoms with E-state index in [4.69, 9.17) is 4.42 Å². The zero-order valence-electron chi connectivity index (χ0n) is 10.5. The molecule has 0 aliphatic carbocycles. The lowest BCUT2D eigenvalue weighted by Gasteiger charge is -2.16. The molecule has 0 aliphatic heterocycles. The highest BCUT2D eigenvalue weighted by molar-refractivity contribution is 5.47. The first-order chi connectivity index (χ1) is 9.19. The van der Waals surface area contributed by atoms with Gasteiger partial charge in [0.05, 0.1) is 12.3 Å². The first-order valence-electron chi connectivity index (χ1n) is 6.04. The number of alkyl halides is 2. The Hall–Kier alpha value is -2.04. The topological polar surface area (TPSA) is 34.4 Å². The van der Waals surface area contributed by atoms with Gasteiger partial charge in [0.15, 0.2) is 0 Å². The molecular formula is C14H15F2NO2. The van der Waals surface area contributed by atoms with Gasteiger partial charge in [-0.1, -0.05) is 6.92 Å². The molecule has 0 saturated heterocycles. The fourth-order valence-corrected chi connectivity index (χ4v) is 1.80. The van der Waals surface area contributed by atoms with Crippen LogP contribution in [0.4, 0.5) is 14.5 Å². The maximum atomic E-state index is 12.0. The van der Waals surface area contributed by atoms with Crippen LogP contribution < -0.4 is 10.1 Å². The third-order valence-corrected chi connectivity index (χ3v) is 2.72. The molecule has 0 fully saturated rings. The molecule has 0 bridgehead atoms. The van der Waals surface area contributed by atoms with E-state index in [9.17, 15) is 8.78 Å². The van der Waals surface area contributed by atoms with Crippen molar-refractivity contribution in [2.24, 2.45) is 0 Å². The predicted octanol–water partition coefficient (Wildman–Crippen LogP) is 4.44. The van der Waals surface area contributed by atoms with Crippen LogP contribution in [0.15, 0.2) is 47.1 Å². The molecule has 0 aliphatic rings. The van der Waals surface area contributed by atoms with E-state index in [1.54, 1.807) is 18.4 Å². The summed E-state index contributed by atoms with van der Waals surface area (Å²) in [5.41, 5.74) is 0.824.